The molecule has 0 aliphatic carbocycles. The number of anilines is 1. The van der Waals surface area contributed by atoms with Gasteiger partial charge in [-0.3, -0.25) is 4.90 Å². The van der Waals surface area contributed by atoms with Crippen molar-refractivity contribution in [3.63, 3.8) is 0 Å². The lowest BCUT2D eigenvalue weighted by Crippen LogP contribution is -2.53. The average Bonchev–Trinajstić information content (AvgIpc) is 2.74. The summed E-state index contributed by atoms with van der Waals surface area (Å²) in [6.07, 6.45) is 3.72. The Bertz CT molecular complexity index is 687. The topological polar surface area (TPSA) is 9.72 Å². The van der Waals surface area contributed by atoms with Crippen LogP contribution in [0.25, 0.3) is 0 Å². The van der Waals surface area contributed by atoms with Crippen LogP contribution < -0.4 is 4.90 Å². The van der Waals surface area contributed by atoms with Gasteiger partial charge in [0.15, 0.2) is 0 Å². The lowest BCUT2D eigenvalue weighted by Gasteiger charge is -2.43. The van der Waals surface area contributed by atoms with Gasteiger partial charge in [-0.2, -0.15) is 0 Å². The van der Waals surface area contributed by atoms with Crippen LogP contribution in [0.5, 0.6) is 0 Å². The quantitative estimate of drug-likeness (QED) is 0.799. The van der Waals surface area contributed by atoms with Gasteiger partial charge in [0.1, 0.15) is 5.82 Å². The van der Waals surface area contributed by atoms with Crippen molar-refractivity contribution in [3.8, 4) is 0 Å². The number of hydrogen-bond acceptors (Lipinski definition) is 3. The summed E-state index contributed by atoms with van der Waals surface area (Å²) in [4.78, 5) is 7.68. The summed E-state index contributed by atoms with van der Waals surface area (Å²) >= 11 is 0. The van der Waals surface area contributed by atoms with Gasteiger partial charge in [0.25, 0.3) is 0 Å². The predicted octanol–water partition coefficient (Wildman–Crippen LogP) is 3.65. The van der Waals surface area contributed by atoms with Crippen LogP contribution in [0, 0.1) is 5.82 Å². The molecule has 0 N–H and O–H groups in total. The fraction of sp³-hybridized carbons (Fsp3) is 0.478. The third-order valence-corrected chi connectivity index (χ3v) is 6.14. The van der Waals surface area contributed by atoms with Crippen LogP contribution in [0.3, 0.4) is 0 Å². The first-order valence-electron chi connectivity index (χ1n) is 10.3. The van der Waals surface area contributed by atoms with Crippen molar-refractivity contribution in [1.29, 1.82) is 0 Å². The smallest absolute Gasteiger partial charge is 0.123 e. The molecule has 4 heteroatoms. The molecule has 4 rings (SSSR count). The molecule has 144 valence electrons. The summed E-state index contributed by atoms with van der Waals surface area (Å²) in [6.45, 7) is 7.93. The summed E-state index contributed by atoms with van der Waals surface area (Å²) < 4.78 is 13.1. The molecule has 2 fully saturated rings. The van der Waals surface area contributed by atoms with Gasteiger partial charge < -0.3 is 9.80 Å². The van der Waals surface area contributed by atoms with E-state index >= 15 is 0 Å². The van der Waals surface area contributed by atoms with Gasteiger partial charge in [0.2, 0.25) is 0 Å². The minimum Gasteiger partial charge on any atom is -0.369 e. The molecule has 2 aromatic rings. The highest BCUT2D eigenvalue weighted by Gasteiger charge is 2.27. The lowest BCUT2D eigenvalue weighted by molar-refractivity contribution is 0.104. The van der Waals surface area contributed by atoms with E-state index in [0.717, 1.165) is 44.3 Å². The van der Waals surface area contributed by atoms with Gasteiger partial charge in [-0.1, -0.05) is 30.3 Å². The number of hydrogen-bond donors (Lipinski definition) is 0. The van der Waals surface area contributed by atoms with Gasteiger partial charge in [-0.25, -0.2) is 4.39 Å². The second-order valence-electron chi connectivity index (χ2n) is 7.81. The summed E-state index contributed by atoms with van der Waals surface area (Å²) in [7, 11) is 0. The molecule has 2 saturated heterocycles. The maximum Gasteiger partial charge on any atom is 0.123 e. The second-order valence-corrected chi connectivity index (χ2v) is 7.81. The summed E-state index contributed by atoms with van der Waals surface area (Å²) in [6, 6.07) is 18.5. The van der Waals surface area contributed by atoms with Crippen molar-refractivity contribution in [2.24, 2.45) is 0 Å². The van der Waals surface area contributed by atoms with Crippen LogP contribution in [0.1, 0.15) is 18.4 Å². The van der Waals surface area contributed by atoms with E-state index in [1.54, 1.807) is 12.1 Å². The van der Waals surface area contributed by atoms with E-state index in [1.165, 1.54) is 38.0 Å². The zero-order chi connectivity index (χ0) is 18.5. The molecule has 0 spiro atoms. The molecule has 2 aromatic carbocycles. The van der Waals surface area contributed by atoms with E-state index in [0.29, 0.717) is 0 Å². The Morgan fingerprint density at radius 3 is 2.11 bits per heavy atom. The molecule has 2 heterocycles. The minimum atomic E-state index is -0.156. The van der Waals surface area contributed by atoms with Crippen molar-refractivity contribution in [2.45, 2.75) is 25.3 Å². The molecular weight excluding hydrogens is 337 g/mol. The Morgan fingerprint density at radius 1 is 0.778 bits per heavy atom. The highest BCUT2D eigenvalue weighted by atomic mass is 19.1. The Labute approximate surface area is 162 Å². The van der Waals surface area contributed by atoms with E-state index in [9.17, 15) is 4.39 Å². The molecule has 0 radical (unpaired) electrons. The molecular formula is C23H30FN3. The molecule has 3 nitrogen and oxygen atoms in total. The molecule has 0 bridgehead atoms. The zero-order valence-corrected chi connectivity index (χ0v) is 16.1. The molecule has 2 aliphatic rings. The molecule has 0 saturated carbocycles. The molecule has 0 atom stereocenters. The van der Waals surface area contributed by atoms with Crippen LogP contribution >= 0.6 is 0 Å². The minimum absolute atomic E-state index is 0.156. The van der Waals surface area contributed by atoms with Crippen molar-refractivity contribution in [2.75, 3.05) is 50.7 Å². The highest BCUT2D eigenvalue weighted by Crippen LogP contribution is 2.22. The first-order chi connectivity index (χ1) is 13.3. The van der Waals surface area contributed by atoms with Crippen LogP contribution in [0.15, 0.2) is 54.6 Å². The van der Waals surface area contributed by atoms with Gasteiger partial charge in [-0.15, -0.1) is 0 Å². The standard InChI is InChI=1S/C23H30FN3/c24-21-6-8-22(9-7-21)26-16-18-27(19-17-26)23-11-14-25(15-12-23)13-10-20-4-2-1-3-5-20/h1-9,23H,10-19H2. The Kier molecular flexibility index (Phi) is 6.05. The first kappa shape index (κ1) is 18.5. The van der Waals surface area contributed by atoms with E-state index in [2.05, 4.69) is 45.0 Å². The summed E-state index contributed by atoms with van der Waals surface area (Å²) in [5.41, 5.74) is 2.59. The predicted molar refractivity (Wildman–Crippen MR) is 110 cm³/mol. The monoisotopic (exact) mass is 367 g/mol. The maximum atomic E-state index is 13.1. The van der Waals surface area contributed by atoms with E-state index in [1.807, 2.05) is 12.1 Å². The van der Waals surface area contributed by atoms with Gasteiger partial charge in [0.05, 0.1) is 0 Å². The van der Waals surface area contributed by atoms with Crippen LogP contribution in [-0.2, 0) is 6.42 Å². The van der Waals surface area contributed by atoms with Crippen LogP contribution in [-0.4, -0.2) is 61.7 Å². The van der Waals surface area contributed by atoms with E-state index in [4.69, 9.17) is 0 Å². The zero-order valence-electron chi connectivity index (χ0n) is 16.1. The maximum absolute atomic E-state index is 13.1. The third kappa shape index (κ3) is 4.88. The first-order valence-corrected chi connectivity index (χ1v) is 10.3. The van der Waals surface area contributed by atoms with E-state index < -0.39 is 0 Å². The van der Waals surface area contributed by atoms with Crippen LogP contribution in [0.2, 0.25) is 0 Å². The number of benzene rings is 2. The number of piperazine rings is 1. The molecule has 0 amide bonds. The van der Waals surface area contributed by atoms with Crippen LogP contribution in [0.4, 0.5) is 10.1 Å². The number of nitrogens with zero attached hydrogens (tertiary/aromatic N) is 3. The molecule has 0 aromatic heterocycles. The Hall–Kier alpha value is -1.91. The normalized spacial score (nSPS) is 20.1. The Balaban J connectivity index is 1.20. The van der Waals surface area contributed by atoms with Crippen molar-refractivity contribution in [1.82, 2.24) is 9.80 Å². The SMILES string of the molecule is Fc1ccc(N2CCN(C3CCN(CCc4ccccc4)CC3)CC2)cc1. The van der Waals surface area contributed by atoms with Crippen molar-refractivity contribution >= 4 is 5.69 Å². The van der Waals surface area contributed by atoms with E-state index in [-0.39, 0.29) is 5.82 Å². The number of likely N-dealkylation sites (tertiary alicyclic amines) is 1. The van der Waals surface area contributed by atoms with Crippen molar-refractivity contribution < 1.29 is 4.39 Å². The number of halogens is 1. The fourth-order valence-electron chi connectivity index (χ4n) is 4.44. The van der Waals surface area contributed by atoms with Gasteiger partial charge >= 0.3 is 0 Å². The van der Waals surface area contributed by atoms with Crippen molar-refractivity contribution in [3.05, 3.63) is 66.0 Å². The highest BCUT2D eigenvalue weighted by molar-refractivity contribution is 5.46. The summed E-state index contributed by atoms with van der Waals surface area (Å²) in [5.74, 6) is -0.156. The largest absolute Gasteiger partial charge is 0.369 e. The molecule has 27 heavy (non-hydrogen) atoms. The number of rotatable bonds is 5. The second kappa shape index (κ2) is 8.85. The lowest BCUT2D eigenvalue weighted by atomic mass is 10.0. The Morgan fingerprint density at radius 2 is 1.44 bits per heavy atom. The van der Waals surface area contributed by atoms with Gasteiger partial charge in [0, 0.05) is 44.5 Å². The summed E-state index contributed by atoms with van der Waals surface area (Å²) in [5, 5.41) is 0. The average molecular weight is 368 g/mol. The number of piperidine rings is 1. The molecule has 0 unspecified atom stereocenters. The fourth-order valence-corrected chi connectivity index (χ4v) is 4.44. The van der Waals surface area contributed by atoms with Gasteiger partial charge in [-0.05, 0) is 62.2 Å². The third-order valence-electron chi connectivity index (χ3n) is 6.14. The molecule has 2 aliphatic heterocycles.